The standard InChI is InChI=1S/C14H12Cl2N2O2/c15-9-3-1-2-8(4-9)7-18-13-11(14(19)20)5-10(17)6-12(13)16/h1-6,18H,7,17H2,(H,19,20). The number of nitrogens with one attached hydrogen (secondary N) is 1. The molecule has 4 nitrogen and oxygen atoms in total. The van der Waals surface area contributed by atoms with Gasteiger partial charge in [-0.2, -0.15) is 0 Å². The van der Waals surface area contributed by atoms with E-state index in [9.17, 15) is 9.90 Å². The summed E-state index contributed by atoms with van der Waals surface area (Å²) in [6, 6.07) is 10.1. The average Bonchev–Trinajstić information content (AvgIpc) is 2.36. The van der Waals surface area contributed by atoms with Crippen molar-refractivity contribution in [1.82, 2.24) is 0 Å². The normalized spacial score (nSPS) is 10.3. The van der Waals surface area contributed by atoms with Crippen molar-refractivity contribution >= 4 is 40.5 Å². The molecular formula is C14H12Cl2N2O2. The van der Waals surface area contributed by atoms with Crippen LogP contribution in [0.4, 0.5) is 11.4 Å². The van der Waals surface area contributed by atoms with Crippen molar-refractivity contribution in [2.45, 2.75) is 6.54 Å². The van der Waals surface area contributed by atoms with E-state index < -0.39 is 5.97 Å². The molecular weight excluding hydrogens is 299 g/mol. The Kier molecular flexibility index (Phi) is 4.37. The van der Waals surface area contributed by atoms with Crippen LogP contribution < -0.4 is 11.1 Å². The van der Waals surface area contributed by atoms with E-state index in [1.165, 1.54) is 12.1 Å². The van der Waals surface area contributed by atoms with E-state index in [1.54, 1.807) is 12.1 Å². The number of carboxylic acids is 1. The van der Waals surface area contributed by atoms with Gasteiger partial charge in [-0.1, -0.05) is 35.3 Å². The van der Waals surface area contributed by atoms with Gasteiger partial charge in [-0.3, -0.25) is 0 Å². The molecule has 104 valence electrons. The van der Waals surface area contributed by atoms with Gasteiger partial charge in [-0.05, 0) is 29.8 Å². The molecule has 0 bridgehead atoms. The van der Waals surface area contributed by atoms with Crippen LogP contribution in [-0.4, -0.2) is 11.1 Å². The lowest BCUT2D eigenvalue weighted by Crippen LogP contribution is -2.08. The third kappa shape index (κ3) is 3.35. The van der Waals surface area contributed by atoms with Gasteiger partial charge in [0.15, 0.2) is 0 Å². The highest BCUT2D eigenvalue weighted by Crippen LogP contribution is 2.29. The number of halogens is 2. The minimum Gasteiger partial charge on any atom is -0.478 e. The smallest absolute Gasteiger partial charge is 0.337 e. The molecule has 0 spiro atoms. The predicted octanol–water partition coefficient (Wildman–Crippen LogP) is 3.89. The largest absolute Gasteiger partial charge is 0.478 e. The number of carboxylic acid groups (broad SMARTS) is 1. The van der Waals surface area contributed by atoms with Crippen LogP contribution in [0.15, 0.2) is 36.4 Å². The summed E-state index contributed by atoms with van der Waals surface area (Å²) in [5, 5.41) is 13.1. The molecule has 2 aromatic rings. The van der Waals surface area contributed by atoms with Crippen molar-refractivity contribution in [2.75, 3.05) is 11.1 Å². The molecule has 2 aromatic carbocycles. The molecule has 0 unspecified atom stereocenters. The minimum absolute atomic E-state index is 0.0389. The number of nitrogen functional groups attached to an aromatic ring is 1. The molecule has 0 aliphatic carbocycles. The van der Waals surface area contributed by atoms with Gasteiger partial charge in [0.05, 0.1) is 16.3 Å². The Morgan fingerprint density at radius 1 is 1.25 bits per heavy atom. The molecule has 0 atom stereocenters. The monoisotopic (exact) mass is 310 g/mol. The van der Waals surface area contributed by atoms with Crippen LogP contribution in [0.5, 0.6) is 0 Å². The topological polar surface area (TPSA) is 75.3 Å². The number of aromatic carboxylic acids is 1. The zero-order valence-electron chi connectivity index (χ0n) is 10.4. The van der Waals surface area contributed by atoms with E-state index in [2.05, 4.69) is 5.32 Å². The molecule has 6 heteroatoms. The highest BCUT2D eigenvalue weighted by atomic mass is 35.5. The number of anilines is 2. The third-order valence-electron chi connectivity index (χ3n) is 2.70. The summed E-state index contributed by atoms with van der Waals surface area (Å²) < 4.78 is 0. The fourth-order valence-electron chi connectivity index (χ4n) is 1.81. The number of hydrogen-bond donors (Lipinski definition) is 3. The molecule has 0 aliphatic rings. The number of benzene rings is 2. The summed E-state index contributed by atoms with van der Waals surface area (Å²) in [4.78, 5) is 11.2. The van der Waals surface area contributed by atoms with Gasteiger partial charge in [0.1, 0.15) is 0 Å². The first-order chi connectivity index (χ1) is 9.47. The van der Waals surface area contributed by atoms with Crippen molar-refractivity contribution < 1.29 is 9.90 Å². The number of nitrogens with two attached hydrogens (primary N) is 1. The molecule has 0 fully saturated rings. The van der Waals surface area contributed by atoms with Gasteiger partial charge in [0.25, 0.3) is 0 Å². The Morgan fingerprint density at radius 3 is 2.65 bits per heavy atom. The van der Waals surface area contributed by atoms with E-state index in [-0.39, 0.29) is 10.6 Å². The minimum atomic E-state index is -1.09. The fourth-order valence-corrected chi connectivity index (χ4v) is 2.32. The maximum absolute atomic E-state index is 11.2. The van der Waals surface area contributed by atoms with E-state index in [0.29, 0.717) is 22.9 Å². The zero-order chi connectivity index (χ0) is 14.7. The van der Waals surface area contributed by atoms with Crippen molar-refractivity contribution in [3.8, 4) is 0 Å². The van der Waals surface area contributed by atoms with Crippen molar-refractivity contribution in [1.29, 1.82) is 0 Å². The first-order valence-electron chi connectivity index (χ1n) is 5.78. The molecule has 2 rings (SSSR count). The predicted molar refractivity (Wildman–Crippen MR) is 81.6 cm³/mol. The molecule has 20 heavy (non-hydrogen) atoms. The highest BCUT2D eigenvalue weighted by molar-refractivity contribution is 6.34. The summed E-state index contributed by atoms with van der Waals surface area (Å²) in [5.41, 5.74) is 7.20. The molecule has 0 radical (unpaired) electrons. The van der Waals surface area contributed by atoms with Crippen molar-refractivity contribution in [2.24, 2.45) is 0 Å². The quantitative estimate of drug-likeness (QED) is 0.749. The fraction of sp³-hybridized carbons (Fsp3) is 0.0714. The lowest BCUT2D eigenvalue weighted by Gasteiger charge is -2.12. The Labute approximate surface area is 126 Å². The molecule has 0 saturated carbocycles. The van der Waals surface area contributed by atoms with E-state index in [0.717, 1.165) is 5.56 Å². The van der Waals surface area contributed by atoms with Gasteiger partial charge in [-0.15, -0.1) is 0 Å². The summed E-state index contributed by atoms with van der Waals surface area (Å²) in [7, 11) is 0. The Bertz CT molecular complexity index is 660. The third-order valence-corrected chi connectivity index (χ3v) is 3.23. The summed E-state index contributed by atoms with van der Waals surface area (Å²) >= 11 is 11.9. The molecule has 0 aromatic heterocycles. The molecule has 0 saturated heterocycles. The molecule has 0 aliphatic heterocycles. The SMILES string of the molecule is Nc1cc(Cl)c(NCc2cccc(Cl)c2)c(C(=O)O)c1. The summed E-state index contributed by atoms with van der Waals surface area (Å²) in [6.07, 6.45) is 0. The van der Waals surface area contributed by atoms with Crippen LogP contribution in [0, 0.1) is 0 Å². The second kappa shape index (κ2) is 6.03. The van der Waals surface area contributed by atoms with Gasteiger partial charge < -0.3 is 16.2 Å². The van der Waals surface area contributed by atoms with Crippen LogP contribution in [0.3, 0.4) is 0 Å². The second-order valence-corrected chi connectivity index (χ2v) is 5.06. The molecule has 0 heterocycles. The first-order valence-corrected chi connectivity index (χ1v) is 6.53. The Hall–Kier alpha value is -1.91. The molecule has 4 N–H and O–H groups in total. The van der Waals surface area contributed by atoms with Crippen LogP contribution >= 0.6 is 23.2 Å². The van der Waals surface area contributed by atoms with Crippen LogP contribution in [0.1, 0.15) is 15.9 Å². The van der Waals surface area contributed by atoms with Crippen molar-refractivity contribution in [3.63, 3.8) is 0 Å². The lowest BCUT2D eigenvalue weighted by molar-refractivity contribution is 0.0698. The average molecular weight is 311 g/mol. The lowest BCUT2D eigenvalue weighted by atomic mass is 10.1. The van der Waals surface area contributed by atoms with E-state index in [1.807, 2.05) is 12.1 Å². The van der Waals surface area contributed by atoms with Crippen LogP contribution in [-0.2, 0) is 6.54 Å². The number of carbonyl (C=O) groups is 1. The first kappa shape index (κ1) is 14.5. The second-order valence-electron chi connectivity index (χ2n) is 4.21. The van der Waals surface area contributed by atoms with Crippen LogP contribution in [0.2, 0.25) is 10.0 Å². The summed E-state index contributed by atoms with van der Waals surface area (Å²) in [5.74, 6) is -1.09. The van der Waals surface area contributed by atoms with E-state index in [4.69, 9.17) is 28.9 Å². The van der Waals surface area contributed by atoms with Gasteiger partial charge >= 0.3 is 5.97 Å². The Morgan fingerprint density at radius 2 is 2.00 bits per heavy atom. The van der Waals surface area contributed by atoms with Gasteiger partial charge in [0.2, 0.25) is 0 Å². The van der Waals surface area contributed by atoms with Gasteiger partial charge in [-0.25, -0.2) is 4.79 Å². The molecule has 0 amide bonds. The summed E-state index contributed by atoms with van der Waals surface area (Å²) in [6.45, 7) is 0.407. The Balaban J connectivity index is 2.27. The number of hydrogen-bond acceptors (Lipinski definition) is 3. The highest BCUT2D eigenvalue weighted by Gasteiger charge is 2.14. The zero-order valence-corrected chi connectivity index (χ0v) is 11.9. The maximum Gasteiger partial charge on any atom is 0.337 e. The van der Waals surface area contributed by atoms with Gasteiger partial charge in [0, 0.05) is 17.3 Å². The van der Waals surface area contributed by atoms with Crippen molar-refractivity contribution in [3.05, 3.63) is 57.6 Å². The van der Waals surface area contributed by atoms with Crippen LogP contribution in [0.25, 0.3) is 0 Å². The number of rotatable bonds is 4. The maximum atomic E-state index is 11.2. The van der Waals surface area contributed by atoms with E-state index >= 15 is 0 Å².